The molecule has 0 atom stereocenters. The number of nitrogens with two attached hydrogens (primary N) is 1. The smallest absolute Gasteiger partial charge is 0.277 e. The average molecular weight is 269 g/mol. The number of aryl methyl sites for hydroxylation is 1. The Kier molecular flexibility index (Phi) is 4.65. The minimum Gasteiger partial charge on any atom is -0.415 e. The van der Waals surface area contributed by atoms with Crippen LogP contribution < -0.4 is 5.73 Å². The molecule has 0 saturated carbocycles. The number of nitrogens with zero attached hydrogens (tertiary/aromatic N) is 6. The molecule has 2 aromatic heterocycles. The second-order valence-corrected chi connectivity index (χ2v) is 4.55. The van der Waals surface area contributed by atoms with Crippen molar-refractivity contribution in [3.05, 3.63) is 11.7 Å². The molecule has 2 N–H and O–H groups in total. The van der Waals surface area contributed by atoms with Crippen LogP contribution >= 0.6 is 11.8 Å². The third kappa shape index (κ3) is 3.26. The molecule has 9 heteroatoms. The zero-order chi connectivity index (χ0) is 12.8. The van der Waals surface area contributed by atoms with Crippen molar-refractivity contribution in [1.82, 2.24) is 30.4 Å². The highest BCUT2D eigenvalue weighted by molar-refractivity contribution is 7.98. The van der Waals surface area contributed by atoms with Crippen LogP contribution in [0.25, 0.3) is 0 Å². The van der Waals surface area contributed by atoms with Gasteiger partial charge in [0.15, 0.2) is 5.82 Å². The molecule has 0 bridgehead atoms. The Morgan fingerprint density at radius 3 is 2.94 bits per heavy atom. The van der Waals surface area contributed by atoms with Gasteiger partial charge in [0, 0.05) is 6.54 Å². The quantitative estimate of drug-likeness (QED) is 0.728. The number of hydrogen-bond donors (Lipinski definition) is 1. The van der Waals surface area contributed by atoms with Crippen LogP contribution in [-0.2, 0) is 18.8 Å². The van der Waals surface area contributed by atoms with Crippen LogP contribution in [0.1, 0.15) is 31.5 Å². The lowest BCUT2D eigenvalue weighted by atomic mass is 10.3. The molecule has 2 aromatic rings. The summed E-state index contributed by atoms with van der Waals surface area (Å²) in [5.74, 6) is 1.84. The first-order valence-electron chi connectivity index (χ1n) is 5.73. The Labute approximate surface area is 108 Å². The number of aromatic nitrogens is 6. The van der Waals surface area contributed by atoms with Crippen molar-refractivity contribution >= 4 is 11.8 Å². The van der Waals surface area contributed by atoms with Crippen molar-refractivity contribution in [2.45, 2.75) is 43.8 Å². The molecule has 0 saturated heterocycles. The molecule has 0 unspecified atom stereocenters. The van der Waals surface area contributed by atoms with Gasteiger partial charge in [-0.25, -0.2) is 4.68 Å². The first-order valence-corrected chi connectivity index (χ1v) is 6.72. The number of hydrogen-bond acceptors (Lipinski definition) is 8. The van der Waals surface area contributed by atoms with Crippen molar-refractivity contribution in [3.63, 3.8) is 0 Å². The first kappa shape index (κ1) is 13.0. The molecule has 2 heterocycles. The Bertz CT molecular complexity index is 483. The fraction of sp³-hybridized carbons (Fsp3) is 0.667. The molecule has 0 aliphatic carbocycles. The Morgan fingerprint density at radius 1 is 1.33 bits per heavy atom. The van der Waals surface area contributed by atoms with E-state index in [1.54, 1.807) is 4.68 Å². The second-order valence-electron chi connectivity index (χ2n) is 3.63. The van der Waals surface area contributed by atoms with E-state index < -0.39 is 0 Å². The van der Waals surface area contributed by atoms with E-state index in [1.807, 2.05) is 0 Å². The van der Waals surface area contributed by atoms with Gasteiger partial charge in [0.25, 0.3) is 5.22 Å². The number of tetrazole rings is 1. The maximum absolute atomic E-state index is 5.39. The Balaban J connectivity index is 1.91. The number of unbranched alkanes of at least 4 members (excludes halogenated alkanes) is 1. The highest BCUT2D eigenvalue weighted by atomic mass is 32.2. The lowest BCUT2D eigenvalue weighted by Crippen LogP contribution is -2.04. The monoisotopic (exact) mass is 269 g/mol. The molecule has 0 radical (unpaired) electrons. The summed E-state index contributed by atoms with van der Waals surface area (Å²) >= 11 is 1.40. The number of rotatable bonds is 7. The summed E-state index contributed by atoms with van der Waals surface area (Å²) in [6.07, 6.45) is 2.16. The molecule has 0 aromatic carbocycles. The molecule has 0 spiro atoms. The van der Waals surface area contributed by atoms with Gasteiger partial charge in [-0.1, -0.05) is 25.1 Å². The van der Waals surface area contributed by atoms with Crippen molar-refractivity contribution < 1.29 is 4.42 Å². The van der Waals surface area contributed by atoms with E-state index in [2.05, 4.69) is 32.6 Å². The van der Waals surface area contributed by atoms with Gasteiger partial charge in [0.05, 0.1) is 12.3 Å². The molecular formula is C9H15N7OS. The summed E-state index contributed by atoms with van der Waals surface area (Å²) < 4.78 is 7.09. The standard InChI is InChI=1S/C9H15N7OS/c1-2-3-4-16-7(11-14-15-16)6-18-9-13-12-8(5-10)17-9/h2-6,10H2,1H3. The maximum Gasteiger partial charge on any atom is 0.277 e. The topological polar surface area (TPSA) is 109 Å². The predicted octanol–water partition coefficient (Wildman–Crippen LogP) is 0.607. The minimum absolute atomic E-state index is 0.252. The molecule has 18 heavy (non-hydrogen) atoms. The van der Waals surface area contributed by atoms with Crippen molar-refractivity contribution in [3.8, 4) is 0 Å². The van der Waals surface area contributed by atoms with E-state index in [0.717, 1.165) is 25.2 Å². The summed E-state index contributed by atoms with van der Waals surface area (Å²) in [5, 5.41) is 19.7. The van der Waals surface area contributed by atoms with Crippen molar-refractivity contribution in [1.29, 1.82) is 0 Å². The normalized spacial score (nSPS) is 11.0. The maximum atomic E-state index is 5.39. The Morgan fingerprint density at radius 2 is 2.22 bits per heavy atom. The summed E-state index contributed by atoms with van der Waals surface area (Å²) in [5.41, 5.74) is 5.39. The van der Waals surface area contributed by atoms with E-state index in [4.69, 9.17) is 10.2 Å². The third-order valence-corrected chi connectivity index (χ3v) is 3.09. The van der Waals surface area contributed by atoms with Crippen LogP contribution in [-0.4, -0.2) is 30.4 Å². The molecule has 0 aliphatic rings. The van der Waals surface area contributed by atoms with Gasteiger partial charge in [-0.15, -0.1) is 15.3 Å². The van der Waals surface area contributed by atoms with E-state index in [9.17, 15) is 0 Å². The van der Waals surface area contributed by atoms with Crippen LogP contribution in [0.4, 0.5) is 0 Å². The van der Waals surface area contributed by atoms with Gasteiger partial charge in [0.1, 0.15) is 0 Å². The van der Waals surface area contributed by atoms with Gasteiger partial charge in [0.2, 0.25) is 5.89 Å². The average Bonchev–Trinajstić information content (AvgIpc) is 3.02. The molecule has 98 valence electrons. The molecule has 0 amide bonds. The van der Waals surface area contributed by atoms with Crippen LogP contribution in [0.2, 0.25) is 0 Å². The zero-order valence-electron chi connectivity index (χ0n) is 10.1. The highest BCUT2D eigenvalue weighted by Crippen LogP contribution is 2.19. The SMILES string of the molecule is CCCCn1nnnc1CSc1nnc(CN)o1. The van der Waals surface area contributed by atoms with E-state index in [0.29, 0.717) is 16.9 Å². The first-order chi connectivity index (χ1) is 8.83. The molecule has 0 aliphatic heterocycles. The van der Waals surface area contributed by atoms with E-state index in [-0.39, 0.29) is 6.54 Å². The van der Waals surface area contributed by atoms with Crippen molar-refractivity contribution in [2.75, 3.05) is 0 Å². The fourth-order valence-electron chi connectivity index (χ4n) is 1.31. The summed E-state index contributed by atoms with van der Waals surface area (Å²) in [6, 6.07) is 0. The van der Waals surface area contributed by atoms with Crippen LogP contribution in [0, 0.1) is 0 Å². The molecule has 0 fully saturated rings. The van der Waals surface area contributed by atoms with Gasteiger partial charge in [-0.05, 0) is 16.8 Å². The lowest BCUT2D eigenvalue weighted by Gasteiger charge is -2.01. The van der Waals surface area contributed by atoms with Crippen LogP contribution in [0.15, 0.2) is 9.64 Å². The second kappa shape index (κ2) is 6.45. The van der Waals surface area contributed by atoms with Gasteiger partial charge in [-0.3, -0.25) is 0 Å². The van der Waals surface area contributed by atoms with Gasteiger partial charge >= 0.3 is 0 Å². The molecule has 8 nitrogen and oxygen atoms in total. The van der Waals surface area contributed by atoms with Gasteiger partial charge < -0.3 is 10.2 Å². The van der Waals surface area contributed by atoms with Crippen molar-refractivity contribution in [2.24, 2.45) is 5.73 Å². The van der Waals surface area contributed by atoms with Gasteiger partial charge in [-0.2, -0.15) is 0 Å². The molecular weight excluding hydrogens is 254 g/mol. The van der Waals surface area contributed by atoms with E-state index in [1.165, 1.54) is 11.8 Å². The summed E-state index contributed by atoms with van der Waals surface area (Å²) in [6.45, 7) is 3.21. The lowest BCUT2D eigenvalue weighted by molar-refractivity contribution is 0.414. The van der Waals surface area contributed by atoms with E-state index >= 15 is 0 Å². The summed E-state index contributed by atoms with van der Waals surface area (Å²) in [7, 11) is 0. The van der Waals surface area contributed by atoms with Crippen LogP contribution in [0.3, 0.4) is 0 Å². The summed E-state index contributed by atoms with van der Waals surface area (Å²) in [4.78, 5) is 0. The zero-order valence-corrected chi connectivity index (χ0v) is 10.9. The number of thioether (sulfide) groups is 1. The fourth-order valence-corrected chi connectivity index (χ4v) is 2.03. The highest BCUT2D eigenvalue weighted by Gasteiger charge is 2.10. The predicted molar refractivity (Wildman–Crippen MR) is 64.5 cm³/mol. The minimum atomic E-state index is 0.252. The third-order valence-electron chi connectivity index (χ3n) is 2.28. The Hall–Kier alpha value is -1.48. The largest absolute Gasteiger partial charge is 0.415 e. The van der Waals surface area contributed by atoms with Crippen LogP contribution in [0.5, 0.6) is 0 Å². The molecule has 2 rings (SSSR count).